The normalized spacial score (nSPS) is 11.9. The van der Waals surface area contributed by atoms with E-state index in [2.05, 4.69) is 10.6 Å². The van der Waals surface area contributed by atoms with Gasteiger partial charge >= 0.3 is 10.2 Å². The summed E-state index contributed by atoms with van der Waals surface area (Å²) in [7, 11) is 3.21. The number of para-hydroxylation sites is 1. The molecule has 0 aliphatic carbocycles. The molecule has 0 aliphatic rings. The Morgan fingerprint density at radius 3 is 2.26 bits per heavy atom. The van der Waals surface area contributed by atoms with E-state index in [9.17, 15) is 18.0 Å². The zero-order chi connectivity index (χ0) is 28.7. The van der Waals surface area contributed by atoms with E-state index in [1.54, 1.807) is 24.3 Å². The molecule has 13 heteroatoms. The second kappa shape index (κ2) is 12.7. The summed E-state index contributed by atoms with van der Waals surface area (Å²) in [5, 5.41) is 14.9. The fraction of sp³-hybridized carbons (Fsp3) is 0.308. The van der Waals surface area contributed by atoms with Crippen molar-refractivity contribution in [3.8, 4) is 17.2 Å². The molecule has 0 bridgehead atoms. The Morgan fingerprint density at radius 1 is 1.05 bits per heavy atom. The average molecular weight is 561 g/mol. The number of rotatable bonds is 12. The zero-order valence-electron chi connectivity index (χ0n) is 22.3. The Kier molecular flexibility index (Phi) is 9.56. The number of benzene rings is 2. The molecule has 2 amide bonds. The van der Waals surface area contributed by atoms with Crippen molar-refractivity contribution in [3.05, 3.63) is 59.4 Å². The second-order valence-corrected chi connectivity index (χ2v) is 10.5. The van der Waals surface area contributed by atoms with Crippen molar-refractivity contribution in [2.24, 2.45) is 0 Å². The van der Waals surface area contributed by atoms with Gasteiger partial charge in [-0.2, -0.15) is 12.7 Å². The van der Waals surface area contributed by atoms with Crippen LogP contribution in [0, 0.1) is 0 Å². The maximum atomic E-state index is 13.3. The number of hydrogen-bond donors (Lipinski definition) is 3. The third-order valence-corrected chi connectivity index (χ3v) is 7.48. The quantitative estimate of drug-likeness (QED) is 0.223. The summed E-state index contributed by atoms with van der Waals surface area (Å²) in [6.45, 7) is 0.0243. The van der Waals surface area contributed by atoms with Crippen LogP contribution >= 0.6 is 0 Å². The molecular weight excluding hydrogens is 528 g/mol. The number of amides is 2. The number of nitrogens with one attached hydrogen (secondary N) is 2. The van der Waals surface area contributed by atoms with E-state index < -0.39 is 22.0 Å². The average Bonchev–Trinajstić information content (AvgIpc) is 3.30. The lowest BCUT2D eigenvalue weighted by Gasteiger charge is -2.15. The Labute approximate surface area is 226 Å². The standard InChI is InChI=1S/C26H32N4O8S/c1-29(2)39(34,35)30-16-18(19-9-6-7-10-21(19)30)13-20(26(33)27-11-8-12-31)28-25(32)17-14-22(36-3)24(38-5)23(15-17)37-4/h6-7,9-10,13-16,31H,8,11-12H2,1-5H3,(H,27,33)(H,28,32)/b20-13-. The van der Waals surface area contributed by atoms with E-state index in [1.165, 1.54) is 59.8 Å². The van der Waals surface area contributed by atoms with Crippen LogP contribution in [0.4, 0.5) is 0 Å². The van der Waals surface area contributed by atoms with Crippen LogP contribution in [0.25, 0.3) is 17.0 Å². The summed E-state index contributed by atoms with van der Waals surface area (Å²) in [6, 6.07) is 9.67. The number of nitrogens with zero attached hydrogens (tertiary/aromatic N) is 2. The molecule has 0 atom stereocenters. The van der Waals surface area contributed by atoms with Gasteiger partial charge in [-0.3, -0.25) is 9.59 Å². The highest BCUT2D eigenvalue weighted by Crippen LogP contribution is 2.38. The molecule has 0 radical (unpaired) electrons. The highest BCUT2D eigenvalue weighted by Gasteiger charge is 2.23. The van der Waals surface area contributed by atoms with E-state index >= 15 is 0 Å². The van der Waals surface area contributed by atoms with Crippen molar-refractivity contribution in [1.29, 1.82) is 0 Å². The Bertz CT molecular complexity index is 1470. The molecule has 1 aromatic heterocycles. The molecule has 2 aromatic carbocycles. The lowest BCUT2D eigenvalue weighted by molar-refractivity contribution is -0.117. The summed E-state index contributed by atoms with van der Waals surface area (Å²) in [6.07, 6.45) is 3.08. The molecule has 0 spiro atoms. The van der Waals surface area contributed by atoms with Gasteiger partial charge in [0.05, 0.1) is 26.8 Å². The van der Waals surface area contributed by atoms with Crippen LogP contribution in [0.3, 0.4) is 0 Å². The summed E-state index contributed by atoms with van der Waals surface area (Å²) < 4.78 is 44.0. The fourth-order valence-electron chi connectivity index (χ4n) is 3.75. The number of carbonyl (C=O) groups is 2. The minimum atomic E-state index is -3.88. The molecular formula is C26H32N4O8S. The number of fused-ring (bicyclic) bond motifs is 1. The molecule has 39 heavy (non-hydrogen) atoms. The lowest BCUT2D eigenvalue weighted by atomic mass is 10.1. The molecule has 210 valence electrons. The monoisotopic (exact) mass is 560 g/mol. The zero-order valence-corrected chi connectivity index (χ0v) is 23.2. The molecule has 0 unspecified atom stereocenters. The molecule has 0 saturated carbocycles. The smallest absolute Gasteiger partial charge is 0.307 e. The maximum absolute atomic E-state index is 13.3. The molecule has 3 rings (SSSR count). The number of aliphatic hydroxyl groups excluding tert-OH is 1. The molecule has 3 aromatic rings. The molecule has 0 aliphatic heterocycles. The van der Waals surface area contributed by atoms with E-state index in [0.29, 0.717) is 28.6 Å². The van der Waals surface area contributed by atoms with Crippen LogP contribution in [-0.4, -0.2) is 82.2 Å². The van der Waals surface area contributed by atoms with Gasteiger partial charge in [-0.15, -0.1) is 0 Å². The third-order valence-electron chi connectivity index (χ3n) is 5.76. The second-order valence-electron chi connectivity index (χ2n) is 8.45. The van der Waals surface area contributed by atoms with Crippen LogP contribution in [0.1, 0.15) is 22.3 Å². The SMILES string of the molecule is COc1cc(C(=O)N/C(=C\c2cn(S(=O)(=O)N(C)C)c3ccccc23)C(=O)NCCCO)cc(OC)c1OC. The molecule has 0 saturated heterocycles. The van der Waals surface area contributed by atoms with Crippen molar-refractivity contribution in [2.75, 3.05) is 48.6 Å². The fourth-order valence-corrected chi connectivity index (χ4v) is 4.76. The van der Waals surface area contributed by atoms with Gasteiger partial charge in [-0.25, -0.2) is 3.97 Å². The van der Waals surface area contributed by atoms with E-state index in [4.69, 9.17) is 19.3 Å². The molecule has 3 N–H and O–H groups in total. The third kappa shape index (κ3) is 6.33. The van der Waals surface area contributed by atoms with Gasteiger partial charge in [0.1, 0.15) is 5.70 Å². The highest BCUT2D eigenvalue weighted by atomic mass is 32.2. The molecule has 0 fully saturated rings. The number of aliphatic hydroxyl groups is 1. The van der Waals surface area contributed by atoms with Gasteiger partial charge in [0.15, 0.2) is 11.5 Å². The first-order valence-corrected chi connectivity index (χ1v) is 13.2. The van der Waals surface area contributed by atoms with Crippen LogP contribution in [0.2, 0.25) is 0 Å². The van der Waals surface area contributed by atoms with Crippen molar-refractivity contribution in [3.63, 3.8) is 0 Å². The van der Waals surface area contributed by atoms with Gasteiger partial charge in [0.2, 0.25) is 5.75 Å². The van der Waals surface area contributed by atoms with Gasteiger partial charge in [0, 0.05) is 50.0 Å². The number of ether oxygens (including phenoxy) is 3. The number of methoxy groups -OCH3 is 3. The van der Waals surface area contributed by atoms with Gasteiger partial charge in [0.25, 0.3) is 11.8 Å². The highest BCUT2D eigenvalue weighted by molar-refractivity contribution is 7.87. The molecule has 1 heterocycles. The minimum Gasteiger partial charge on any atom is -0.493 e. The number of carbonyl (C=O) groups excluding carboxylic acids is 2. The Hall–Kier alpha value is -4.07. The first-order chi connectivity index (χ1) is 18.6. The van der Waals surface area contributed by atoms with Crippen molar-refractivity contribution >= 4 is 39.0 Å². The summed E-state index contributed by atoms with van der Waals surface area (Å²) >= 11 is 0. The van der Waals surface area contributed by atoms with Crippen LogP contribution < -0.4 is 24.8 Å². The van der Waals surface area contributed by atoms with E-state index in [-0.39, 0.29) is 35.9 Å². The van der Waals surface area contributed by atoms with Crippen LogP contribution in [0.15, 0.2) is 48.3 Å². The van der Waals surface area contributed by atoms with Gasteiger partial charge in [-0.1, -0.05) is 18.2 Å². The topological polar surface area (TPSA) is 148 Å². The lowest BCUT2D eigenvalue weighted by Crippen LogP contribution is -2.35. The first kappa shape index (κ1) is 29.5. The van der Waals surface area contributed by atoms with Gasteiger partial charge in [-0.05, 0) is 30.7 Å². The van der Waals surface area contributed by atoms with Crippen molar-refractivity contribution in [2.45, 2.75) is 6.42 Å². The number of aromatic nitrogens is 1. The first-order valence-electron chi connectivity index (χ1n) is 11.8. The van der Waals surface area contributed by atoms with Crippen molar-refractivity contribution in [1.82, 2.24) is 18.9 Å². The summed E-state index contributed by atoms with van der Waals surface area (Å²) in [5.74, 6) is -0.489. The van der Waals surface area contributed by atoms with Crippen LogP contribution in [-0.2, 0) is 15.0 Å². The van der Waals surface area contributed by atoms with Gasteiger partial charge < -0.3 is 30.0 Å². The Morgan fingerprint density at radius 2 is 1.69 bits per heavy atom. The summed E-state index contributed by atoms with van der Waals surface area (Å²) in [4.78, 5) is 26.4. The minimum absolute atomic E-state index is 0.121. The molecule has 12 nitrogen and oxygen atoms in total. The Balaban J connectivity index is 2.12. The maximum Gasteiger partial charge on any atom is 0.307 e. The van der Waals surface area contributed by atoms with E-state index in [0.717, 1.165) is 8.28 Å². The largest absolute Gasteiger partial charge is 0.493 e. The predicted molar refractivity (Wildman–Crippen MR) is 146 cm³/mol. The number of hydrogen-bond acceptors (Lipinski definition) is 8. The summed E-state index contributed by atoms with van der Waals surface area (Å²) in [5.41, 5.74) is 0.759. The van der Waals surface area contributed by atoms with Crippen molar-refractivity contribution < 1.29 is 37.3 Å². The predicted octanol–water partition coefficient (Wildman–Crippen LogP) is 1.59. The van der Waals surface area contributed by atoms with E-state index in [1.807, 2.05) is 0 Å². The van der Waals surface area contributed by atoms with Crippen LogP contribution in [0.5, 0.6) is 17.2 Å².